The number of amides is 1. The van der Waals surface area contributed by atoms with Crippen LogP contribution in [0.1, 0.15) is 11.1 Å². The zero-order chi connectivity index (χ0) is 19.7. The van der Waals surface area contributed by atoms with Crippen LogP contribution in [0, 0.1) is 6.92 Å². The Labute approximate surface area is 163 Å². The normalized spacial score (nSPS) is 11.8. The van der Waals surface area contributed by atoms with Crippen molar-refractivity contribution in [2.45, 2.75) is 6.92 Å². The van der Waals surface area contributed by atoms with E-state index in [2.05, 4.69) is 10.1 Å². The molecule has 4 rings (SSSR count). The third-order valence-electron chi connectivity index (χ3n) is 4.13. The van der Waals surface area contributed by atoms with E-state index < -0.39 is 5.91 Å². The maximum Gasteiger partial charge on any atom is 0.291 e. The highest BCUT2D eigenvalue weighted by Gasteiger charge is 2.13. The summed E-state index contributed by atoms with van der Waals surface area (Å²) < 4.78 is 7.10. The number of nitrogens with two attached hydrogens (primary N) is 1. The maximum absolute atomic E-state index is 12.7. The predicted octanol–water partition coefficient (Wildman–Crippen LogP) is 1.54. The molecule has 0 saturated heterocycles. The molecule has 0 radical (unpaired) electrons. The molecule has 8 heteroatoms. The molecule has 0 bridgehead atoms. The van der Waals surface area contributed by atoms with Crippen LogP contribution in [-0.4, -0.2) is 27.1 Å². The number of aromatic nitrogens is 3. The highest BCUT2D eigenvalue weighted by atomic mass is 32.1. The Morgan fingerprint density at radius 3 is 2.64 bits per heavy atom. The summed E-state index contributed by atoms with van der Waals surface area (Å²) in [5, 5.41) is 4.38. The summed E-state index contributed by atoms with van der Waals surface area (Å²) in [5.74, 6) is 0.541. The molecular weight excluding hydrogens is 376 g/mol. The number of primary amides is 1. The van der Waals surface area contributed by atoms with Gasteiger partial charge >= 0.3 is 0 Å². The first-order chi connectivity index (χ1) is 13.5. The fourth-order valence-electron chi connectivity index (χ4n) is 2.74. The van der Waals surface area contributed by atoms with Gasteiger partial charge in [-0.15, -0.1) is 5.10 Å². The number of hydrogen-bond donors (Lipinski definition) is 1. The monoisotopic (exact) mass is 392 g/mol. The quantitative estimate of drug-likeness (QED) is 0.555. The van der Waals surface area contributed by atoms with E-state index in [1.54, 1.807) is 30.3 Å². The molecule has 0 aliphatic heterocycles. The lowest BCUT2D eigenvalue weighted by Crippen LogP contribution is -2.23. The van der Waals surface area contributed by atoms with E-state index in [-0.39, 0.29) is 12.2 Å². The summed E-state index contributed by atoms with van der Waals surface area (Å²) in [6.45, 7) is 1.81. The van der Waals surface area contributed by atoms with Crippen molar-refractivity contribution >= 4 is 28.3 Å². The van der Waals surface area contributed by atoms with Crippen LogP contribution >= 0.6 is 11.3 Å². The van der Waals surface area contributed by atoms with Crippen molar-refractivity contribution in [2.24, 2.45) is 5.73 Å². The highest BCUT2D eigenvalue weighted by Crippen LogP contribution is 2.20. The Morgan fingerprint density at radius 1 is 1.21 bits per heavy atom. The van der Waals surface area contributed by atoms with Crippen molar-refractivity contribution in [1.82, 2.24) is 14.6 Å². The van der Waals surface area contributed by atoms with Gasteiger partial charge in [0.15, 0.2) is 12.4 Å². The van der Waals surface area contributed by atoms with Gasteiger partial charge in [-0.05, 0) is 36.3 Å². The molecule has 0 unspecified atom stereocenters. The van der Waals surface area contributed by atoms with Gasteiger partial charge in [0.1, 0.15) is 5.75 Å². The van der Waals surface area contributed by atoms with Crippen LogP contribution < -0.4 is 20.6 Å². The fourth-order valence-corrected chi connectivity index (χ4v) is 3.65. The second-order valence-electron chi connectivity index (χ2n) is 6.18. The molecule has 0 atom stereocenters. The molecule has 0 aliphatic carbocycles. The SMILES string of the molecule is Cc1ccccc1-c1nc2s/c(=C/c3ccc(OCC(N)=O)cc3)c(=O)n2n1. The molecule has 140 valence electrons. The number of nitrogens with zero attached hydrogens (tertiary/aromatic N) is 3. The molecule has 0 spiro atoms. The summed E-state index contributed by atoms with van der Waals surface area (Å²) >= 11 is 1.29. The van der Waals surface area contributed by atoms with Gasteiger partial charge in [0.25, 0.3) is 11.5 Å². The standard InChI is InChI=1S/C20H16N4O3S/c1-12-4-2-3-5-15(12)18-22-20-24(23-18)19(26)16(28-20)10-13-6-8-14(9-7-13)27-11-17(21)25/h2-10H,11H2,1H3,(H2,21,25)/b16-10+. The first-order valence-corrected chi connectivity index (χ1v) is 9.31. The zero-order valence-corrected chi connectivity index (χ0v) is 15.8. The Morgan fingerprint density at radius 2 is 1.96 bits per heavy atom. The van der Waals surface area contributed by atoms with E-state index in [1.165, 1.54) is 15.9 Å². The largest absolute Gasteiger partial charge is 0.484 e. The number of carbonyl (C=O) groups is 1. The van der Waals surface area contributed by atoms with Crippen molar-refractivity contribution in [3.8, 4) is 17.1 Å². The lowest BCUT2D eigenvalue weighted by molar-refractivity contribution is -0.119. The smallest absolute Gasteiger partial charge is 0.291 e. The van der Waals surface area contributed by atoms with E-state index >= 15 is 0 Å². The van der Waals surface area contributed by atoms with Crippen molar-refractivity contribution in [1.29, 1.82) is 0 Å². The van der Waals surface area contributed by atoms with Crippen LogP contribution in [-0.2, 0) is 4.79 Å². The summed E-state index contributed by atoms with van der Waals surface area (Å²) in [5.41, 5.74) is 7.64. The number of hydrogen-bond acceptors (Lipinski definition) is 6. The second-order valence-corrected chi connectivity index (χ2v) is 7.19. The Balaban J connectivity index is 1.65. The van der Waals surface area contributed by atoms with E-state index in [9.17, 15) is 9.59 Å². The molecule has 4 aromatic rings. The Hall–Kier alpha value is -3.52. The van der Waals surface area contributed by atoms with Gasteiger partial charge in [-0.25, -0.2) is 0 Å². The third kappa shape index (κ3) is 3.49. The highest BCUT2D eigenvalue weighted by molar-refractivity contribution is 7.15. The van der Waals surface area contributed by atoms with Gasteiger partial charge < -0.3 is 10.5 Å². The van der Waals surface area contributed by atoms with E-state index in [1.807, 2.05) is 31.2 Å². The molecule has 0 aliphatic rings. The fraction of sp³-hybridized carbons (Fsp3) is 0.100. The first-order valence-electron chi connectivity index (χ1n) is 8.50. The number of benzene rings is 2. The zero-order valence-electron chi connectivity index (χ0n) is 15.0. The minimum atomic E-state index is -0.536. The molecule has 0 saturated carbocycles. The summed E-state index contributed by atoms with van der Waals surface area (Å²) in [6, 6.07) is 14.8. The first kappa shape index (κ1) is 17.9. The molecular formula is C20H16N4O3S. The van der Waals surface area contributed by atoms with Crippen molar-refractivity contribution in [2.75, 3.05) is 6.61 Å². The van der Waals surface area contributed by atoms with Crippen LogP contribution in [0.2, 0.25) is 0 Å². The number of thiazole rings is 1. The lowest BCUT2D eigenvalue weighted by Gasteiger charge is -2.03. The van der Waals surface area contributed by atoms with E-state index in [4.69, 9.17) is 10.5 Å². The van der Waals surface area contributed by atoms with Crippen LogP contribution in [0.4, 0.5) is 0 Å². The van der Waals surface area contributed by atoms with Crippen molar-refractivity contribution < 1.29 is 9.53 Å². The van der Waals surface area contributed by atoms with Gasteiger partial charge in [-0.2, -0.15) is 9.50 Å². The van der Waals surface area contributed by atoms with E-state index in [0.717, 1.165) is 16.7 Å². The average molecular weight is 392 g/mol. The molecule has 2 heterocycles. The van der Waals surface area contributed by atoms with E-state index in [0.29, 0.717) is 21.1 Å². The Kier molecular flexibility index (Phi) is 4.62. The van der Waals surface area contributed by atoms with Gasteiger partial charge in [0, 0.05) is 5.56 Å². The third-order valence-corrected chi connectivity index (χ3v) is 5.09. The molecule has 2 aromatic carbocycles. The van der Waals surface area contributed by atoms with Gasteiger partial charge in [-0.1, -0.05) is 47.7 Å². The maximum atomic E-state index is 12.7. The molecule has 28 heavy (non-hydrogen) atoms. The average Bonchev–Trinajstić information content (AvgIpc) is 3.21. The van der Waals surface area contributed by atoms with Gasteiger partial charge in [0.2, 0.25) is 4.96 Å². The lowest BCUT2D eigenvalue weighted by atomic mass is 10.1. The number of rotatable bonds is 5. The molecule has 7 nitrogen and oxygen atoms in total. The summed E-state index contributed by atoms with van der Waals surface area (Å²) in [6.07, 6.45) is 1.77. The van der Waals surface area contributed by atoms with Crippen LogP contribution in [0.3, 0.4) is 0 Å². The van der Waals surface area contributed by atoms with Gasteiger partial charge in [-0.3, -0.25) is 9.59 Å². The number of fused-ring (bicyclic) bond motifs is 1. The van der Waals surface area contributed by atoms with Crippen molar-refractivity contribution in [3.63, 3.8) is 0 Å². The minimum Gasteiger partial charge on any atom is -0.484 e. The predicted molar refractivity (Wildman–Crippen MR) is 107 cm³/mol. The molecule has 2 N–H and O–H groups in total. The molecule has 1 amide bonds. The minimum absolute atomic E-state index is 0.176. The van der Waals surface area contributed by atoms with Crippen LogP contribution in [0.5, 0.6) is 5.75 Å². The van der Waals surface area contributed by atoms with Crippen LogP contribution in [0.15, 0.2) is 53.3 Å². The number of ether oxygens (including phenoxy) is 1. The Bertz CT molecular complexity index is 1280. The number of carbonyl (C=O) groups excluding carboxylic acids is 1. The number of aryl methyl sites for hydroxylation is 1. The molecule has 2 aromatic heterocycles. The molecule has 0 fully saturated rings. The van der Waals surface area contributed by atoms with Crippen molar-refractivity contribution in [3.05, 3.63) is 74.5 Å². The summed E-state index contributed by atoms with van der Waals surface area (Å²) in [4.78, 5) is 28.5. The topological polar surface area (TPSA) is 99.6 Å². The summed E-state index contributed by atoms with van der Waals surface area (Å²) in [7, 11) is 0. The van der Waals surface area contributed by atoms with Crippen LogP contribution in [0.25, 0.3) is 22.4 Å². The second kappa shape index (κ2) is 7.24. The van der Waals surface area contributed by atoms with Gasteiger partial charge in [0.05, 0.1) is 4.53 Å².